The first-order valence-corrected chi connectivity index (χ1v) is 5.78. The van der Waals surface area contributed by atoms with Crippen LogP contribution in [0.3, 0.4) is 0 Å². The van der Waals surface area contributed by atoms with Crippen molar-refractivity contribution in [3.05, 3.63) is 35.7 Å². The molecular weight excluding hydrogens is 233 g/mol. The van der Waals surface area contributed by atoms with Gasteiger partial charge in [-0.3, -0.25) is 0 Å². The maximum atomic E-state index is 13.3. The van der Waals surface area contributed by atoms with Crippen LogP contribution >= 0.6 is 0 Å². The van der Waals surface area contributed by atoms with Crippen molar-refractivity contribution in [2.75, 3.05) is 11.1 Å². The largest absolute Gasteiger partial charge is 0.397 e. The third-order valence-electron chi connectivity index (χ3n) is 2.80. The molecule has 96 valence electrons. The smallest absolute Gasteiger partial charge is 0.152 e. The van der Waals surface area contributed by atoms with Crippen LogP contribution in [0.4, 0.5) is 15.8 Å². The van der Waals surface area contributed by atoms with E-state index < -0.39 is 0 Å². The van der Waals surface area contributed by atoms with Gasteiger partial charge < -0.3 is 15.6 Å². The predicted molar refractivity (Wildman–Crippen MR) is 68.6 cm³/mol. The zero-order valence-corrected chi connectivity index (χ0v) is 10.4. The Bertz CT molecular complexity index is 549. The summed E-state index contributed by atoms with van der Waals surface area (Å²) in [6.07, 6.45) is 1.68. The lowest BCUT2D eigenvalue weighted by molar-refractivity contribution is 0.619. The zero-order chi connectivity index (χ0) is 13.1. The number of hydrogen-bond acceptors (Lipinski definition) is 4. The first-order valence-electron chi connectivity index (χ1n) is 5.78. The minimum Gasteiger partial charge on any atom is -0.397 e. The van der Waals surface area contributed by atoms with Gasteiger partial charge in [0.05, 0.1) is 17.9 Å². The highest BCUT2D eigenvalue weighted by Crippen LogP contribution is 2.22. The van der Waals surface area contributed by atoms with Crippen LogP contribution in [0.25, 0.3) is 0 Å². The lowest BCUT2D eigenvalue weighted by Gasteiger charge is -2.11. The Morgan fingerprint density at radius 3 is 2.94 bits per heavy atom. The monoisotopic (exact) mass is 249 g/mol. The summed E-state index contributed by atoms with van der Waals surface area (Å²) in [4.78, 5) is 0. The average molecular weight is 249 g/mol. The highest BCUT2D eigenvalue weighted by atomic mass is 19.1. The number of nitrogens with one attached hydrogen (secondary N) is 1. The van der Waals surface area contributed by atoms with Crippen LogP contribution in [-0.2, 0) is 13.1 Å². The summed E-state index contributed by atoms with van der Waals surface area (Å²) in [7, 11) is 0. The summed E-state index contributed by atoms with van der Waals surface area (Å²) < 4.78 is 15.2. The highest BCUT2D eigenvalue weighted by Gasteiger charge is 2.07. The molecule has 6 heteroatoms. The molecule has 0 saturated carbocycles. The van der Waals surface area contributed by atoms with E-state index in [1.165, 1.54) is 6.07 Å². The first kappa shape index (κ1) is 12.3. The number of aromatic nitrogens is 3. The lowest BCUT2D eigenvalue weighted by atomic mass is 10.2. The molecule has 5 nitrogen and oxygen atoms in total. The van der Waals surface area contributed by atoms with Crippen LogP contribution < -0.4 is 11.1 Å². The van der Waals surface area contributed by atoms with Crippen molar-refractivity contribution in [1.82, 2.24) is 14.8 Å². The molecule has 0 spiro atoms. The van der Waals surface area contributed by atoms with Crippen molar-refractivity contribution in [3.63, 3.8) is 0 Å². The summed E-state index contributed by atoms with van der Waals surface area (Å²) in [5, 5.41) is 11.0. The molecule has 2 aromatic rings. The van der Waals surface area contributed by atoms with Crippen LogP contribution in [-0.4, -0.2) is 14.8 Å². The van der Waals surface area contributed by atoms with Crippen LogP contribution in [0.15, 0.2) is 18.5 Å². The van der Waals surface area contributed by atoms with Crippen LogP contribution in [0.1, 0.15) is 18.3 Å². The van der Waals surface area contributed by atoms with Gasteiger partial charge in [-0.05, 0) is 31.5 Å². The molecule has 1 heterocycles. The molecular formula is C12H16FN5. The average Bonchev–Trinajstić information content (AvgIpc) is 2.79. The van der Waals surface area contributed by atoms with Crippen molar-refractivity contribution in [2.45, 2.75) is 26.9 Å². The van der Waals surface area contributed by atoms with Crippen molar-refractivity contribution >= 4 is 11.4 Å². The van der Waals surface area contributed by atoms with E-state index in [1.54, 1.807) is 19.3 Å². The fraction of sp³-hybridized carbons (Fsp3) is 0.333. The fourth-order valence-electron chi connectivity index (χ4n) is 1.70. The number of halogens is 1. The van der Waals surface area contributed by atoms with E-state index in [9.17, 15) is 4.39 Å². The molecule has 0 bridgehead atoms. The molecule has 0 fully saturated rings. The highest BCUT2D eigenvalue weighted by molar-refractivity contribution is 5.67. The molecule has 0 aliphatic heterocycles. The standard InChI is InChI=1S/C12H16FN5/c1-3-18-7-16-17-12(18)6-15-11-4-8(2)9(13)5-10(11)14/h4-5,7,15H,3,6,14H2,1-2H3. The van der Waals surface area contributed by atoms with E-state index in [2.05, 4.69) is 15.5 Å². The van der Waals surface area contributed by atoms with Gasteiger partial charge in [-0.1, -0.05) is 0 Å². The SMILES string of the molecule is CCn1cnnc1CNc1cc(C)c(F)cc1N. The van der Waals surface area contributed by atoms with Crippen molar-refractivity contribution in [3.8, 4) is 0 Å². The van der Waals surface area contributed by atoms with Gasteiger partial charge >= 0.3 is 0 Å². The second-order valence-electron chi connectivity index (χ2n) is 4.08. The van der Waals surface area contributed by atoms with E-state index >= 15 is 0 Å². The lowest BCUT2D eigenvalue weighted by Crippen LogP contribution is -2.09. The third kappa shape index (κ3) is 2.42. The first-order chi connectivity index (χ1) is 8.61. The van der Waals surface area contributed by atoms with E-state index in [4.69, 9.17) is 5.73 Å². The maximum Gasteiger partial charge on any atom is 0.152 e. The summed E-state index contributed by atoms with van der Waals surface area (Å²) in [6.45, 7) is 5.03. The Kier molecular flexibility index (Phi) is 3.45. The van der Waals surface area contributed by atoms with Gasteiger partial charge in [-0.15, -0.1) is 10.2 Å². The van der Waals surface area contributed by atoms with E-state index in [0.29, 0.717) is 23.5 Å². The zero-order valence-electron chi connectivity index (χ0n) is 10.4. The quantitative estimate of drug-likeness (QED) is 0.812. The summed E-state index contributed by atoms with van der Waals surface area (Å²) in [6, 6.07) is 3.01. The van der Waals surface area contributed by atoms with E-state index in [0.717, 1.165) is 12.4 Å². The van der Waals surface area contributed by atoms with Gasteiger partial charge in [0.2, 0.25) is 0 Å². The van der Waals surface area contributed by atoms with Crippen molar-refractivity contribution in [2.24, 2.45) is 0 Å². The van der Waals surface area contributed by atoms with Crippen LogP contribution in [0.5, 0.6) is 0 Å². The minimum atomic E-state index is -0.297. The van der Waals surface area contributed by atoms with E-state index in [-0.39, 0.29) is 5.82 Å². The van der Waals surface area contributed by atoms with Gasteiger partial charge in [0, 0.05) is 6.54 Å². The minimum absolute atomic E-state index is 0.297. The number of aryl methyl sites for hydroxylation is 2. The Morgan fingerprint density at radius 1 is 1.44 bits per heavy atom. The number of nitrogen functional groups attached to an aromatic ring is 1. The Hall–Kier alpha value is -2.11. The molecule has 0 atom stereocenters. The topological polar surface area (TPSA) is 68.8 Å². The van der Waals surface area contributed by atoms with Crippen LogP contribution in [0, 0.1) is 12.7 Å². The molecule has 0 unspecified atom stereocenters. The number of nitrogens with two attached hydrogens (primary N) is 1. The number of rotatable bonds is 4. The Labute approximate surface area is 105 Å². The number of hydrogen-bond donors (Lipinski definition) is 2. The second kappa shape index (κ2) is 5.03. The van der Waals surface area contributed by atoms with Crippen LogP contribution in [0.2, 0.25) is 0 Å². The molecule has 18 heavy (non-hydrogen) atoms. The molecule has 0 aliphatic carbocycles. The number of benzene rings is 1. The molecule has 1 aromatic heterocycles. The van der Waals surface area contributed by atoms with E-state index in [1.807, 2.05) is 11.5 Å². The molecule has 0 saturated heterocycles. The normalized spacial score (nSPS) is 10.6. The van der Waals surface area contributed by atoms with Gasteiger partial charge in [0.1, 0.15) is 12.1 Å². The molecule has 2 rings (SSSR count). The second-order valence-corrected chi connectivity index (χ2v) is 4.08. The van der Waals surface area contributed by atoms with Gasteiger partial charge in [0.15, 0.2) is 5.82 Å². The molecule has 3 N–H and O–H groups in total. The van der Waals surface area contributed by atoms with Crippen molar-refractivity contribution < 1.29 is 4.39 Å². The number of nitrogens with zero attached hydrogens (tertiary/aromatic N) is 3. The Balaban J connectivity index is 2.13. The molecule has 0 amide bonds. The summed E-state index contributed by atoms with van der Waals surface area (Å²) in [5.41, 5.74) is 7.41. The van der Waals surface area contributed by atoms with Gasteiger partial charge in [0.25, 0.3) is 0 Å². The predicted octanol–water partition coefficient (Wildman–Crippen LogP) is 1.94. The molecule has 0 radical (unpaired) electrons. The Morgan fingerprint density at radius 2 is 2.22 bits per heavy atom. The molecule has 0 aliphatic rings. The third-order valence-corrected chi connectivity index (χ3v) is 2.80. The number of anilines is 2. The molecule has 1 aromatic carbocycles. The summed E-state index contributed by atoms with van der Waals surface area (Å²) >= 11 is 0. The van der Waals surface area contributed by atoms with Crippen molar-refractivity contribution in [1.29, 1.82) is 0 Å². The van der Waals surface area contributed by atoms with Gasteiger partial charge in [-0.2, -0.15) is 0 Å². The summed E-state index contributed by atoms with van der Waals surface area (Å²) in [5.74, 6) is 0.522. The maximum absolute atomic E-state index is 13.3. The van der Waals surface area contributed by atoms with Gasteiger partial charge in [-0.25, -0.2) is 4.39 Å². The fourth-order valence-corrected chi connectivity index (χ4v) is 1.70.